The van der Waals surface area contributed by atoms with E-state index in [9.17, 15) is 9.59 Å². The summed E-state index contributed by atoms with van der Waals surface area (Å²) in [5.74, 6) is -0.263. The number of ketones is 1. The van der Waals surface area contributed by atoms with Crippen LogP contribution in [0, 0.1) is 5.41 Å². The number of amides is 1. The number of methoxy groups -OCH3 is 1. The Kier molecular flexibility index (Phi) is 5.86. The number of carbonyl (C=O) groups excluding carboxylic acids is 2. The molecule has 0 spiro atoms. The Hall–Kier alpha value is -1.16. The van der Waals surface area contributed by atoms with Crippen LogP contribution in [0.5, 0.6) is 0 Å². The van der Waals surface area contributed by atoms with Gasteiger partial charge in [0.15, 0.2) is 5.78 Å². The largest absolute Gasteiger partial charge is 0.381 e. The second-order valence-corrected chi connectivity index (χ2v) is 4.25. The lowest BCUT2D eigenvalue weighted by molar-refractivity contribution is -0.127. The lowest BCUT2D eigenvalue weighted by atomic mass is 9.91. The maximum atomic E-state index is 11.4. The highest BCUT2D eigenvalue weighted by atomic mass is 16.5. The van der Waals surface area contributed by atoms with E-state index in [0.29, 0.717) is 6.61 Å². The van der Waals surface area contributed by atoms with Gasteiger partial charge in [-0.1, -0.05) is 26.8 Å². The second-order valence-electron chi connectivity index (χ2n) is 4.25. The minimum absolute atomic E-state index is 0.0102. The van der Waals surface area contributed by atoms with Crippen molar-refractivity contribution in [2.75, 3.05) is 20.3 Å². The van der Waals surface area contributed by atoms with Gasteiger partial charge in [0, 0.05) is 18.6 Å². The van der Waals surface area contributed by atoms with Crippen LogP contribution in [0.1, 0.15) is 20.8 Å². The van der Waals surface area contributed by atoms with Crippen LogP contribution in [0.2, 0.25) is 0 Å². The van der Waals surface area contributed by atoms with Crippen molar-refractivity contribution in [1.29, 1.82) is 0 Å². The van der Waals surface area contributed by atoms with Crippen LogP contribution in [0.15, 0.2) is 12.2 Å². The zero-order chi connectivity index (χ0) is 11.9. The third-order valence-corrected chi connectivity index (χ3v) is 1.79. The average molecular weight is 213 g/mol. The minimum Gasteiger partial charge on any atom is -0.381 e. The number of ether oxygens (including phenoxy) is 1. The summed E-state index contributed by atoms with van der Waals surface area (Å²) in [4.78, 5) is 22.6. The molecule has 4 heteroatoms. The van der Waals surface area contributed by atoms with E-state index in [1.807, 2.05) is 20.8 Å². The quantitative estimate of drug-likeness (QED) is 0.691. The van der Waals surface area contributed by atoms with Crippen LogP contribution in [-0.2, 0) is 14.3 Å². The van der Waals surface area contributed by atoms with E-state index in [-0.39, 0.29) is 18.2 Å². The summed E-state index contributed by atoms with van der Waals surface area (Å²) in [7, 11) is 1.55. The van der Waals surface area contributed by atoms with Crippen LogP contribution in [-0.4, -0.2) is 32.0 Å². The normalized spacial score (nSPS) is 11.7. The zero-order valence-electron chi connectivity index (χ0n) is 9.79. The first-order valence-corrected chi connectivity index (χ1v) is 4.84. The molecule has 0 radical (unpaired) electrons. The van der Waals surface area contributed by atoms with Crippen LogP contribution >= 0.6 is 0 Å². The first-order chi connectivity index (χ1) is 6.88. The Bertz CT molecular complexity index is 251. The molecule has 0 atom stereocenters. The Morgan fingerprint density at radius 2 is 1.93 bits per heavy atom. The molecule has 0 bridgehead atoms. The topological polar surface area (TPSA) is 55.4 Å². The van der Waals surface area contributed by atoms with Gasteiger partial charge in [-0.2, -0.15) is 0 Å². The van der Waals surface area contributed by atoms with Gasteiger partial charge >= 0.3 is 0 Å². The molecule has 4 nitrogen and oxygen atoms in total. The van der Waals surface area contributed by atoms with Crippen LogP contribution in [0.25, 0.3) is 0 Å². The van der Waals surface area contributed by atoms with E-state index >= 15 is 0 Å². The van der Waals surface area contributed by atoms with Crippen molar-refractivity contribution in [3.63, 3.8) is 0 Å². The fourth-order valence-corrected chi connectivity index (χ4v) is 0.743. The van der Waals surface area contributed by atoms with Crippen molar-refractivity contribution in [3.05, 3.63) is 12.2 Å². The molecule has 0 aromatic heterocycles. The molecular weight excluding hydrogens is 194 g/mol. The summed E-state index contributed by atoms with van der Waals surface area (Å²) in [5.41, 5.74) is -0.413. The standard InChI is InChI=1S/C11H19NO3/c1-11(2,3)9(13)8-12-10(14)6-5-7-15-4/h5-6H,7-8H2,1-4H3,(H,12,14)/b6-5+. The molecular formula is C11H19NO3. The summed E-state index contributed by atoms with van der Waals surface area (Å²) in [6, 6.07) is 0. The van der Waals surface area contributed by atoms with E-state index < -0.39 is 5.41 Å². The fourth-order valence-electron chi connectivity index (χ4n) is 0.743. The molecule has 0 aliphatic carbocycles. The molecule has 0 saturated carbocycles. The maximum absolute atomic E-state index is 11.4. The molecule has 1 amide bonds. The number of hydrogen-bond donors (Lipinski definition) is 1. The van der Waals surface area contributed by atoms with Crippen LogP contribution in [0.4, 0.5) is 0 Å². The highest BCUT2D eigenvalue weighted by Crippen LogP contribution is 2.13. The summed E-state index contributed by atoms with van der Waals surface area (Å²) < 4.78 is 4.74. The molecule has 0 saturated heterocycles. The van der Waals surface area contributed by atoms with Gasteiger partial charge < -0.3 is 10.1 Å². The van der Waals surface area contributed by atoms with E-state index in [1.54, 1.807) is 13.2 Å². The molecule has 0 aliphatic heterocycles. The first-order valence-electron chi connectivity index (χ1n) is 4.84. The molecule has 15 heavy (non-hydrogen) atoms. The van der Waals surface area contributed by atoms with E-state index in [2.05, 4.69) is 5.32 Å². The minimum atomic E-state index is -0.413. The second kappa shape index (κ2) is 6.35. The summed E-state index contributed by atoms with van der Waals surface area (Å²) in [5, 5.41) is 2.52. The Balaban J connectivity index is 3.87. The van der Waals surface area contributed by atoms with Gasteiger partial charge in [0.2, 0.25) is 5.91 Å². The Morgan fingerprint density at radius 1 is 1.33 bits per heavy atom. The lowest BCUT2D eigenvalue weighted by Gasteiger charge is -2.16. The monoisotopic (exact) mass is 213 g/mol. The molecule has 1 N–H and O–H groups in total. The molecule has 0 aromatic carbocycles. The number of hydrogen-bond acceptors (Lipinski definition) is 3. The van der Waals surface area contributed by atoms with Crippen LogP contribution < -0.4 is 5.32 Å². The predicted molar refractivity (Wildman–Crippen MR) is 58.5 cm³/mol. The average Bonchev–Trinajstić information content (AvgIpc) is 2.13. The van der Waals surface area contributed by atoms with Crippen molar-refractivity contribution < 1.29 is 14.3 Å². The first kappa shape index (κ1) is 13.8. The molecule has 0 rings (SSSR count). The smallest absolute Gasteiger partial charge is 0.244 e. The summed E-state index contributed by atoms with van der Waals surface area (Å²) in [6.45, 7) is 5.92. The van der Waals surface area contributed by atoms with Gasteiger partial charge in [-0.05, 0) is 0 Å². The number of nitrogens with one attached hydrogen (secondary N) is 1. The van der Waals surface area contributed by atoms with Crippen molar-refractivity contribution in [2.24, 2.45) is 5.41 Å². The van der Waals surface area contributed by atoms with Crippen molar-refractivity contribution in [1.82, 2.24) is 5.32 Å². The van der Waals surface area contributed by atoms with Gasteiger partial charge in [0.25, 0.3) is 0 Å². The van der Waals surface area contributed by atoms with Crippen molar-refractivity contribution in [2.45, 2.75) is 20.8 Å². The molecule has 0 unspecified atom stereocenters. The summed E-state index contributed by atoms with van der Waals surface area (Å²) in [6.07, 6.45) is 2.95. The van der Waals surface area contributed by atoms with Gasteiger partial charge in [0.1, 0.15) is 0 Å². The van der Waals surface area contributed by atoms with Gasteiger partial charge in [-0.3, -0.25) is 9.59 Å². The lowest BCUT2D eigenvalue weighted by Crippen LogP contribution is -2.34. The van der Waals surface area contributed by atoms with Gasteiger partial charge in [-0.15, -0.1) is 0 Å². The number of rotatable bonds is 5. The highest BCUT2D eigenvalue weighted by molar-refractivity contribution is 5.93. The Morgan fingerprint density at radius 3 is 2.40 bits per heavy atom. The zero-order valence-corrected chi connectivity index (χ0v) is 9.79. The van der Waals surface area contributed by atoms with Crippen LogP contribution in [0.3, 0.4) is 0 Å². The van der Waals surface area contributed by atoms with Gasteiger partial charge in [0.05, 0.1) is 13.2 Å². The maximum Gasteiger partial charge on any atom is 0.244 e. The molecule has 0 aromatic rings. The number of Topliss-reactive ketones (excluding diaryl/α,β-unsaturated/α-hetero) is 1. The van der Waals surface area contributed by atoms with E-state index in [4.69, 9.17) is 4.74 Å². The van der Waals surface area contributed by atoms with E-state index in [0.717, 1.165) is 0 Å². The highest BCUT2D eigenvalue weighted by Gasteiger charge is 2.20. The molecule has 0 heterocycles. The van der Waals surface area contributed by atoms with Crippen molar-refractivity contribution in [3.8, 4) is 0 Å². The summed E-state index contributed by atoms with van der Waals surface area (Å²) >= 11 is 0. The third kappa shape index (κ3) is 6.85. The molecule has 0 fully saturated rings. The number of carbonyl (C=O) groups is 2. The molecule has 0 aliphatic rings. The predicted octanol–water partition coefficient (Wildman–Crippen LogP) is 0.920. The fraction of sp³-hybridized carbons (Fsp3) is 0.636. The van der Waals surface area contributed by atoms with Crippen molar-refractivity contribution >= 4 is 11.7 Å². The van der Waals surface area contributed by atoms with Gasteiger partial charge in [-0.25, -0.2) is 0 Å². The molecule has 86 valence electrons. The Labute approximate surface area is 90.7 Å². The SMILES string of the molecule is COC/C=C/C(=O)NCC(=O)C(C)(C)C. The third-order valence-electron chi connectivity index (χ3n) is 1.79. The van der Waals surface area contributed by atoms with E-state index in [1.165, 1.54) is 6.08 Å².